The van der Waals surface area contributed by atoms with E-state index in [1.54, 1.807) is 0 Å². The van der Waals surface area contributed by atoms with E-state index in [1.807, 2.05) is 0 Å². The predicted molar refractivity (Wildman–Crippen MR) is 50.3 cm³/mol. The van der Waals surface area contributed by atoms with Crippen molar-refractivity contribution in [2.45, 2.75) is 23.9 Å². The van der Waals surface area contributed by atoms with Crippen LogP contribution in [0.1, 0.15) is 17.5 Å². The van der Waals surface area contributed by atoms with Gasteiger partial charge in [0.15, 0.2) is 5.41 Å². The number of benzene rings is 1. The van der Waals surface area contributed by atoms with E-state index in [4.69, 9.17) is 5.11 Å². The summed E-state index contributed by atoms with van der Waals surface area (Å²) in [5, 5.41) is 8.78. The van der Waals surface area contributed by atoms with Gasteiger partial charge < -0.3 is 5.11 Å². The SMILES string of the molecule is O=C(O)C1(c2cccc(C(F)(F)F)c2F)CC1(F)F. The number of rotatable bonds is 2. The van der Waals surface area contributed by atoms with E-state index in [0.29, 0.717) is 18.2 Å². The van der Waals surface area contributed by atoms with Crippen molar-refractivity contribution in [2.24, 2.45) is 0 Å². The fourth-order valence-electron chi connectivity index (χ4n) is 2.01. The molecule has 19 heavy (non-hydrogen) atoms. The van der Waals surface area contributed by atoms with E-state index in [9.17, 15) is 31.1 Å². The number of carboxylic acids is 1. The zero-order chi connectivity index (χ0) is 14.6. The Morgan fingerprint density at radius 2 is 1.79 bits per heavy atom. The van der Waals surface area contributed by atoms with Crippen molar-refractivity contribution in [1.29, 1.82) is 0 Å². The normalized spacial score (nSPS) is 25.2. The Labute approximate surface area is 102 Å². The van der Waals surface area contributed by atoms with Gasteiger partial charge in [0.1, 0.15) is 5.82 Å². The van der Waals surface area contributed by atoms with Gasteiger partial charge in [-0.1, -0.05) is 12.1 Å². The molecule has 1 N–H and O–H groups in total. The monoisotopic (exact) mass is 284 g/mol. The molecule has 1 aliphatic rings. The maximum atomic E-state index is 13.7. The molecular formula is C11H6F6O2. The second-order valence-electron chi connectivity index (χ2n) is 4.26. The first-order valence-corrected chi connectivity index (χ1v) is 5.01. The molecule has 0 amide bonds. The van der Waals surface area contributed by atoms with Crippen molar-refractivity contribution in [2.75, 3.05) is 0 Å². The standard InChI is InChI=1S/C11H6F6O2/c12-7-5(2-1-3-6(7)11(15,16)17)9(8(18)19)4-10(9,13)14/h1-3H,4H2,(H,18,19). The highest BCUT2D eigenvalue weighted by molar-refractivity contribution is 5.88. The molecule has 1 atom stereocenters. The summed E-state index contributed by atoms with van der Waals surface area (Å²) in [6, 6.07) is 1.72. The van der Waals surface area contributed by atoms with Crippen LogP contribution in [-0.2, 0) is 16.4 Å². The molecule has 0 bridgehead atoms. The lowest BCUT2D eigenvalue weighted by Crippen LogP contribution is -2.29. The minimum atomic E-state index is -5.08. The number of carbonyl (C=O) groups is 1. The molecule has 0 spiro atoms. The zero-order valence-corrected chi connectivity index (χ0v) is 9.06. The van der Waals surface area contributed by atoms with Crippen LogP contribution in [0.15, 0.2) is 18.2 Å². The van der Waals surface area contributed by atoms with E-state index in [0.717, 1.165) is 0 Å². The summed E-state index contributed by atoms with van der Waals surface area (Å²) < 4.78 is 77.4. The van der Waals surface area contributed by atoms with E-state index in [2.05, 4.69) is 0 Å². The van der Waals surface area contributed by atoms with Gasteiger partial charge in [-0.15, -0.1) is 0 Å². The van der Waals surface area contributed by atoms with Gasteiger partial charge in [0.25, 0.3) is 5.92 Å². The van der Waals surface area contributed by atoms with Crippen LogP contribution in [0.4, 0.5) is 26.3 Å². The molecule has 1 fully saturated rings. The van der Waals surface area contributed by atoms with Crippen molar-refractivity contribution >= 4 is 5.97 Å². The summed E-state index contributed by atoms with van der Waals surface area (Å²) in [5.41, 5.74) is -5.80. The fourth-order valence-corrected chi connectivity index (χ4v) is 2.01. The van der Waals surface area contributed by atoms with E-state index in [1.165, 1.54) is 0 Å². The second kappa shape index (κ2) is 3.64. The van der Waals surface area contributed by atoms with Crippen molar-refractivity contribution in [3.05, 3.63) is 35.1 Å². The third kappa shape index (κ3) is 1.77. The van der Waals surface area contributed by atoms with Gasteiger partial charge in [-0.05, 0) is 6.07 Å². The first-order chi connectivity index (χ1) is 8.54. The summed E-state index contributed by atoms with van der Waals surface area (Å²) >= 11 is 0. The van der Waals surface area contributed by atoms with Crippen LogP contribution in [-0.4, -0.2) is 17.0 Å². The highest BCUT2D eigenvalue weighted by Crippen LogP contribution is 2.62. The molecule has 1 aliphatic carbocycles. The lowest BCUT2D eigenvalue weighted by atomic mass is 9.92. The second-order valence-corrected chi connectivity index (χ2v) is 4.26. The topological polar surface area (TPSA) is 37.3 Å². The summed E-state index contributed by atoms with van der Waals surface area (Å²) in [5.74, 6) is -7.77. The predicted octanol–water partition coefficient (Wildman–Crippen LogP) is 3.21. The molecule has 0 saturated heterocycles. The Balaban J connectivity index is 2.63. The lowest BCUT2D eigenvalue weighted by molar-refractivity contribution is -0.144. The van der Waals surface area contributed by atoms with E-state index < -0.39 is 46.8 Å². The van der Waals surface area contributed by atoms with Crippen LogP contribution in [0.2, 0.25) is 0 Å². The van der Waals surface area contributed by atoms with Gasteiger partial charge in [-0.3, -0.25) is 4.79 Å². The highest BCUT2D eigenvalue weighted by Gasteiger charge is 2.78. The smallest absolute Gasteiger partial charge is 0.419 e. The van der Waals surface area contributed by atoms with Crippen molar-refractivity contribution in [1.82, 2.24) is 0 Å². The van der Waals surface area contributed by atoms with Gasteiger partial charge in [-0.25, -0.2) is 13.2 Å². The largest absolute Gasteiger partial charge is 0.480 e. The molecule has 104 valence electrons. The molecule has 2 nitrogen and oxygen atoms in total. The van der Waals surface area contributed by atoms with Gasteiger partial charge >= 0.3 is 12.1 Å². The number of halogens is 6. The maximum Gasteiger partial charge on any atom is 0.419 e. The van der Waals surface area contributed by atoms with Gasteiger partial charge in [0, 0.05) is 12.0 Å². The van der Waals surface area contributed by atoms with Crippen LogP contribution in [0.25, 0.3) is 0 Å². The quantitative estimate of drug-likeness (QED) is 0.847. The Morgan fingerprint density at radius 1 is 1.26 bits per heavy atom. The number of hydrogen-bond donors (Lipinski definition) is 1. The Hall–Kier alpha value is -1.73. The van der Waals surface area contributed by atoms with Crippen LogP contribution in [0.3, 0.4) is 0 Å². The van der Waals surface area contributed by atoms with Crippen molar-refractivity contribution in [3.63, 3.8) is 0 Å². The van der Waals surface area contributed by atoms with Crippen LogP contribution < -0.4 is 0 Å². The molecule has 8 heteroatoms. The number of alkyl halides is 5. The Bertz CT molecular complexity index is 551. The summed E-state index contributed by atoms with van der Waals surface area (Å²) in [6.07, 6.45) is -6.29. The average Bonchev–Trinajstić information content (AvgIpc) is 2.81. The summed E-state index contributed by atoms with van der Waals surface area (Å²) in [7, 11) is 0. The Morgan fingerprint density at radius 3 is 2.16 bits per heavy atom. The molecule has 0 heterocycles. The molecule has 1 aromatic carbocycles. The van der Waals surface area contributed by atoms with Crippen LogP contribution in [0, 0.1) is 5.82 Å². The molecule has 1 aromatic rings. The Kier molecular flexibility index (Phi) is 2.63. The van der Waals surface area contributed by atoms with E-state index >= 15 is 0 Å². The first kappa shape index (κ1) is 13.7. The third-order valence-electron chi connectivity index (χ3n) is 3.12. The number of hydrogen-bond acceptors (Lipinski definition) is 1. The molecule has 1 unspecified atom stereocenters. The molecule has 0 aliphatic heterocycles. The summed E-state index contributed by atoms with van der Waals surface area (Å²) in [6.45, 7) is 0. The fraction of sp³-hybridized carbons (Fsp3) is 0.364. The first-order valence-electron chi connectivity index (χ1n) is 5.01. The third-order valence-corrected chi connectivity index (χ3v) is 3.12. The minimum Gasteiger partial charge on any atom is -0.480 e. The van der Waals surface area contributed by atoms with Crippen LogP contribution >= 0.6 is 0 Å². The molecule has 0 radical (unpaired) electrons. The molecular weight excluding hydrogens is 278 g/mol. The molecule has 2 rings (SSSR count). The summed E-state index contributed by atoms with van der Waals surface area (Å²) in [4.78, 5) is 10.9. The molecule has 1 saturated carbocycles. The highest BCUT2D eigenvalue weighted by atomic mass is 19.4. The zero-order valence-electron chi connectivity index (χ0n) is 9.06. The van der Waals surface area contributed by atoms with Crippen LogP contribution in [0.5, 0.6) is 0 Å². The number of carboxylic acid groups (broad SMARTS) is 1. The number of aliphatic carboxylic acids is 1. The van der Waals surface area contributed by atoms with E-state index in [-0.39, 0.29) is 0 Å². The van der Waals surface area contributed by atoms with Gasteiger partial charge in [0.05, 0.1) is 5.56 Å². The minimum absolute atomic E-state index is 0.370. The van der Waals surface area contributed by atoms with Gasteiger partial charge in [-0.2, -0.15) is 13.2 Å². The molecule has 0 aromatic heterocycles. The van der Waals surface area contributed by atoms with Gasteiger partial charge in [0.2, 0.25) is 0 Å². The van der Waals surface area contributed by atoms with Crippen molar-refractivity contribution in [3.8, 4) is 0 Å². The van der Waals surface area contributed by atoms with Crippen molar-refractivity contribution < 1.29 is 36.2 Å². The maximum absolute atomic E-state index is 13.7. The lowest BCUT2D eigenvalue weighted by Gasteiger charge is -2.16. The average molecular weight is 284 g/mol.